The molecular weight excluding hydrogens is 2510 g/mol. The van der Waals surface area contributed by atoms with Crippen LogP contribution < -0.4 is 16.8 Å². The van der Waals surface area contributed by atoms with Crippen LogP contribution in [0.3, 0.4) is 0 Å². The molecule has 0 aliphatic rings. The van der Waals surface area contributed by atoms with Crippen LogP contribution >= 0.6 is 0 Å². The number of nitro groups is 4. The van der Waals surface area contributed by atoms with Crippen molar-refractivity contribution >= 4 is 45.5 Å². The van der Waals surface area contributed by atoms with Crippen LogP contribution in [0, 0.1) is 121 Å². The Morgan fingerprint density at radius 1 is 0.421 bits per heavy atom. The standard InChI is InChI=1S/C8H9N3O2.2C7H7N3O2.C7H6N3O2.C2H6.H2N.8V.16Y/c1-5-6(2)10-4-7(11(12)13)8(5)9-3;3*1-4-5(2)9-3-6(7(4)8)10(11)12;1-2;;;;;;;;;;;;;;;;;;;;;;;;;/h1H2,2-3H3,(H,9,10);2*1H2,2H3,(H2,8,9);1H2,2H3,(H-,8,9);1-2H3;1H2;;;;;;;;;;;;;;;;;;;;;;;;/q3*-2;-3;;-1;;;;;;;;;;;;;;;;;;;;;;;;. The smallest absolute Gasteiger partial charge is 0.202 e. The summed E-state index contributed by atoms with van der Waals surface area (Å²) in [4.78, 5) is 53.6. The second kappa shape index (κ2) is 101. The zero-order valence-corrected chi connectivity index (χ0v) is 98.8. The van der Waals surface area contributed by atoms with Crippen molar-refractivity contribution in [3.63, 3.8) is 0 Å². The van der Waals surface area contributed by atoms with Crippen LogP contribution in [-0.2, 0) is 672 Å². The van der Waals surface area contributed by atoms with Crippen LogP contribution in [-0.4, -0.2) is 46.7 Å². The minimum atomic E-state index is -0.691. The summed E-state index contributed by atoms with van der Waals surface area (Å²) in [5.74, 6) is 0. The summed E-state index contributed by atoms with van der Waals surface area (Å²) < 4.78 is 0. The van der Waals surface area contributed by atoms with Gasteiger partial charge >= 0.3 is 0 Å². The Morgan fingerprint density at radius 2 is 0.605 bits per heavy atom. The molecule has 45 heteroatoms. The van der Waals surface area contributed by atoms with Crippen molar-refractivity contribution in [2.45, 2.75) is 41.5 Å². The van der Waals surface area contributed by atoms with E-state index in [1.807, 2.05) is 13.8 Å². The molecule has 4 rings (SSSR count). The van der Waals surface area contributed by atoms with Gasteiger partial charge in [-0.15, -0.1) is 16.7 Å². The number of nitrogen functional groups attached to an aromatic ring is 2. The van der Waals surface area contributed by atoms with Crippen molar-refractivity contribution in [2.24, 2.45) is 0 Å². The molecule has 0 atom stereocenters. The third kappa shape index (κ3) is 67.7. The summed E-state index contributed by atoms with van der Waals surface area (Å²) in [5.41, 5.74) is 20.9. The van der Waals surface area contributed by atoms with Crippen LogP contribution in [0.4, 0.5) is 45.5 Å². The molecule has 0 saturated carbocycles. The number of aromatic nitrogens is 4. The third-order valence-electron chi connectivity index (χ3n) is 6.28. The summed E-state index contributed by atoms with van der Waals surface area (Å²) in [6.07, 6.45) is 8.98. The monoisotopic (exact) mass is 2550 g/mol. The molecule has 0 unspecified atom stereocenters. The number of aryl methyl sites for hydroxylation is 4. The number of anilines is 3. The summed E-state index contributed by atoms with van der Waals surface area (Å²) in [6, 6.07) is 0. The number of hydrogen-bond donors (Lipinski definition) is 3. The van der Waals surface area contributed by atoms with Crippen molar-refractivity contribution in [1.82, 2.24) is 19.9 Å². The minimum absolute atomic E-state index is 0. The number of hydrogen-bond acceptors (Lipinski definition) is 15. The molecule has 8 N–H and O–H groups in total. The van der Waals surface area contributed by atoms with Gasteiger partial charge < -0.3 is 48.6 Å². The van der Waals surface area contributed by atoms with Gasteiger partial charge in [0.25, 0.3) is 0 Å². The average Bonchev–Trinajstić information content (AvgIpc) is 3.07. The Bertz CT molecular complexity index is 1830. The van der Waals surface area contributed by atoms with E-state index < -0.39 is 25.4 Å². The second-order valence-corrected chi connectivity index (χ2v) is 9.40. The molecule has 24 radical (unpaired) electrons. The quantitative estimate of drug-likeness (QED) is 0.106. The Morgan fingerprint density at radius 3 is 0.816 bits per heavy atom. The predicted molar refractivity (Wildman–Crippen MR) is 195 cm³/mol. The molecule has 4 aromatic heterocycles. The molecule has 0 fully saturated rings. The van der Waals surface area contributed by atoms with Crippen molar-refractivity contribution < 1.29 is 691 Å². The topological polar surface area (TPSA) is 345 Å². The van der Waals surface area contributed by atoms with E-state index in [-0.39, 0.29) is 718 Å². The molecule has 21 nitrogen and oxygen atoms in total. The summed E-state index contributed by atoms with van der Waals surface area (Å²) in [5, 5.41) is 44.1. The van der Waals surface area contributed by atoms with Gasteiger partial charge in [0.15, 0.2) is 5.69 Å². The van der Waals surface area contributed by atoms with E-state index in [1.165, 1.54) is 0 Å². The first-order chi connectivity index (χ1) is 23.7. The fraction of sp³-hybridized carbons (Fsp3) is 0.226. The molecule has 0 amide bonds. The molecule has 4 aromatic rings. The molecule has 0 aromatic carbocycles. The van der Waals surface area contributed by atoms with Crippen molar-refractivity contribution in [3.8, 4) is 0 Å². The van der Waals surface area contributed by atoms with Crippen LogP contribution in [0.1, 0.15) is 58.9 Å². The van der Waals surface area contributed by atoms with E-state index in [9.17, 15) is 40.5 Å². The van der Waals surface area contributed by atoms with E-state index >= 15 is 0 Å². The molecule has 4 heterocycles. The summed E-state index contributed by atoms with van der Waals surface area (Å²) in [6.45, 7) is 25.0. The van der Waals surface area contributed by atoms with Gasteiger partial charge in [-0.1, -0.05) is 64.3 Å². The van der Waals surface area contributed by atoms with Crippen molar-refractivity contribution in [3.05, 3.63) is 150 Å². The van der Waals surface area contributed by atoms with E-state index in [4.69, 9.17) is 17.2 Å². The largest absolute Gasteiger partial charge is 0.752 e. The zero-order valence-electron chi connectivity index (χ0n) is 42.2. The first-order valence-corrected chi connectivity index (χ1v) is 14.1. The second-order valence-electron chi connectivity index (χ2n) is 9.40. The molecule has 0 bridgehead atoms. The van der Waals surface area contributed by atoms with Crippen molar-refractivity contribution in [2.75, 3.05) is 23.8 Å². The molecule has 0 spiro atoms. The van der Waals surface area contributed by atoms with Gasteiger partial charge in [-0.2, -0.15) is 38.9 Å². The maximum absolute atomic E-state index is 10.5. The van der Waals surface area contributed by atoms with Gasteiger partial charge in [-0.05, 0) is 24.1 Å². The molecule has 0 saturated heterocycles. The van der Waals surface area contributed by atoms with Crippen molar-refractivity contribution in [1.29, 1.82) is 0 Å². The third-order valence-corrected chi connectivity index (χ3v) is 6.28. The molecular formula is C31H37N13O8V8Y16-10. The maximum atomic E-state index is 10.5. The van der Waals surface area contributed by atoms with Crippen LogP contribution in [0.2, 0.25) is 0 Å². The SMILES string of the molecule is CC.[CH2-]c1c(C)n[c-]c([N+](=O)[O-])c1N.[CH2-]c1c(C)n[c-]c([N+](=O)[O-])c1N.[CH2-]c1c(C)n[c-]c([N+](=O)[O-])c1NC.[CH2-]c1c(C)n[c-]c([N+](=O)[O-])c1[NH-].[NH2-].[V].[V].[V].[V].[V].[V].[V].[V].[Y].[Y].[Y].[Y].[Y].[Y].[Y].[Y].[Y].[Y].[Y].[Y].[Y].[Y].[Y].[Y]. The minimum Gasteiger partial charge on any atom is -0.752 e. The predicted octanol–water partition coefficient (Wildman–Crippen LogP) is 6.70. The Labute approximate surface area is 946 Å². The number of rotatable bonds is 5. The van der Waals surface area contributed by atoms with Gasteiger partial charge in [-0.3, -0.25) is 40.5 Å². The Hall–Kier alpha value is 15.2. The van der Waals surface area contributed by atoms with Crippen LogP contribution in [0.5, 0.6) is 0 Å². The molecule has 372 valence electrons. The van der Waals surface area contributed by atoms with Gasteiger partial charge in [0, 0.05) is 716 Å². The zero-order chi connectivity index (χ0) is 39.9. The van der Waals surface area contributed by atoms with Gasteiger partial charge in [0.05, 0.1) is 0 Å². The normalized spacial score (nSPS) is 6.36. The van der Waals surface area contributed by atoms with E-state index in [0.29, 0.717) is 45.2 Å². The Kier molecular flexibility index (Phi) is 232. The van der Waals surface area contributed by atoms with Gasteiger partial charge in [-0.25, -0.2) is 0 Å². The number of nitrogens with zero attached hydrogens (tertiary/aromatic N) is 8. The van der Waals surface area contributed by atoms with Gasteiger partial charge in [0.1, 0.15) is 0 Å². The van der Waals surface area contributed by atoms with Crippen LogP contribution in [0.15, 0.2) is 0 Å². The molecule has 0 aliphatic heterocycles. The average molecular weight is 2550 g/mol. The van der Waals surface area contributed by atoms with Crippen LogP contribution in [0.25, 0.3) is 11.9 Å². The Balaban J connectivity index is -0.0000000163. The first-order valence-electron chi connectivity index (χ1n) is 14.1. The van der Waals surface area contributed by atoms with E-state index in [0.717, 1.165) is 0 Å². The van der Waals surface area contributed by atoms with Gasteiger partial charge in [0.2, 0.25) is 17.1 Å². The summed E-state index contributed by atoms with van der Waals surface area (Å²) >= 11 is 0. The number of pyridine rings is 4. The first kappa shape index (κ1) is 175. The fourth-order valence-corrected chi connectivity index (χ4v) is 3.18. The number of nitrogens with one attached hydrogen (secondary N) is 2. The molecule has 76 heavy (non-hydrogen) atoms. The van der Waals surface area contributed by atoms with E-state index in [1.54, 1.807) is 34.7 Å². The summed E-state index contributed by atoms with van der Waals surface area (Å²) in [7, 11) is 1.60. The number of nitrogens with two attached hydrogens (primary N) is 3. The molecule has 0 aliphatic carbocycles. The van der Waals surface area contributed by atoms with E-state index in [2.05, 4.69) is 77.7 Å². The maximum Gasteiger partial charge on any atom is 0.202 e. The fourth-order valence-electron chi connectivity index (χ4n) is 3.18.